The molecule has 0 aliphatic carbocycles. The highest BCUT2D eigenvalue weighted by Gasteiger charge is 2.31. The molecule has 1 fully saturated rings. The normalized spacial score (nSPS) is 21.6. The van der Waals surface area contributed by atoms with E-state index in [1.165, 1.54) is 0 Å². The largest absolute Gasteiger partial charge is 0.497 e. The molecule has 0 radical (unpaired) electrons. The van der Waals surface area contributed by atoms with Crippen molar-refractivity contribution >= 4 is 5.91 Å². The van der Waals surface area contributed by atoms with E-state index in [-0.39, 0.29) is 24.7 Å². The summed E-state index contributed by atoms with van der Waals surface area (Å²) in [6, 6.07) is 7.55. The Kier molecular flexibility index (Phi) is 7.78. The smallest absolute Gasteiger partial charge is 0.234 e. The first-order valence-corrected chi connectivity index (χ1v) is 10.2. The van der Waals surface area contributed by atoms with Crippen LogP contribution in [0.4, 0.5) is 0 Å². The molecular weight excluding hydrogens is 386 g/mol. The number of aliphatic hydroxyl groups excluding tert-OH is 1. The lowest BCUT2D eigenvalue weighted by atomic mass is 9.97. The van der Waals surface area contributed by atoms with E-state index in [0.717, 1.165) is 36.3 Å². The molecule has 9 nitrogen and oxygen atoms in total. The van der Waals surface area contributed by atoms with Gasteiger partial charge < -0.3 is 24.8 Å². The first-order chi connectivity index (χ1) is 14.5. The number of nitrogens with zero attached hydrogens (tertiary/aromatic N) is 4. The minimum Gasteiger partial charge on any atom is -0.497 e. The van der Waals surface area contributed by atoms with Gasteiger partial charge in [-0.15, -0.1) is 5.10 Å². The van der Waals surface area contributed by atoms with Crippen molar-refractivity contribution < 1.29 is 19.4 Å². The van der Waals surface area contributed by atoms with E-state index in [1.54, 1.807) is 11.8 Å². The molecular formula is C21H31N5O4. The number of hydrogen-bond acceptors (Lipinski definition) is 7. The van der Waals surface area contributed by atoms with Crippen molar-refractivity contribution in [1.29, 1.82) is 0 Å². The zero-order valence-corrected chi connectivity index (χ0v) is 17.8. The predicted molar refractivity (Wildman–Crippen MR) is 112 cm³/mol. The zero-order chi connectivity index (χ0) is 21.5. The maximum Gasteiger partial charge on any atom is 0.234 e. The predicted octanol–water partition coefficient (Wildman–Crippen LogP) is 0.930. The van der Waals surface area contributed by atoms with Gasteiger partial charge in [-0.05, 0) is 45.5 Å². The minimum absolute atomic E-state index is 0.00798. The molecule has 1 aromatic heterocycles. The van der Waals surface area contributed by atoms with Crippen LogP contribution in [0.2, 0.25) is 0 Å². The summed E-state index contributed by atoms with van der Waals surface area (Å²) in [6.45, 7) is 0.865. The number of benzene rings is 1. The quantitative estimate of drug-likeness (QED) is 0.626. The lowest BCUT2D eigenvalue weighted by Crippen LogP contribution is -2.52. The van der Waals surface area contributed by atoms with E-state index in [2.05, 4.69) is 15.6 Å². The Hall–Kier alpha value is -2.49. The third-order valence-corrected chi connectivity index (χ3v) is 5.19. The van der Waals surface area contributed by atoms with Crippen molar-refractivity contribution in [2.45, 2.75) is 44.1 Å². The number of aliphatic hydroxyl groups is 1. The summed E-state index contributed by atoms with van der Waals surface area (Å²) >= 11 is 0. The van der Waals surface area contributed by atoms with Crippen LogP contribution in [0.15, 0.2) is 30.5 Å². The van der Waals surface area contributed by atoms with Crippen LogP contribution >= 0.6 is 0 Å². The fraction of sp³-hybridized carbons (Fsp3) is 0.571. The summed E-state index contributed by atoms with van der Waals surface area (Å²) in [7, 11) is 5.33. The number of methoxy groups -OCH3 is 1. The molecule has 1 amide bonds. The van der Waals surface area contributed by atoms with E-state index < -0.39 is 6.10 Å². The van der Waals surface area contributed by atoms with Gasteiger partial charge in [-0.25, -0.2) is 0 Å². The number of amides is 1. The molecule has 1 aliphatic rings. The molecule has 30 heavy (non-hydrogen) atoms. The topological polar surface area (TPSA) is 102 Å². The van der Waals surface area contributed by atoms with Crippen LogP contribution in [-0.4, -0.2) is 83.5 Å². The minimum atomic E-state index is -0.391. The van der Waals surface area contributed by atoms with Crippen molar-refractivity contribution in [2.75, 3.05) is 34.4 Å². The Morgan fingerprint density at radius 3 is 2.97 bits per heavy atom. The Labute approximate surface area is 177 Å². The van der Waals surface area contributed by atoms with E-state index in [9.17, 15) is 9.90 Å². The first-order valence-electron chi connectivity index (χ1n) is 10.2. The fourth-order valence-corrected chi connectivity index (χ4v) is 3.65. The summed E-state index contributed by atoms with van der Waals surface area (Å²) in [6.07, 6.45) is 3.88. The third-order valence-electron chi connectivity index (χ3n) is 5.19. The number of nitrogens with one attached hydrogen (secondary N) is 1. The molecule has 1 aromatic carbocycles. The summed E-state index contributed by atoms with van der Waals surface area (Å²) in [5.41, 5.74) is 1.74. The van der Waals surface area contributed by atoms with Gasteiger partial charge in [-0.3, -0.25) is 9.48 Å². The average molecular weight is 418 g/mol. The molecule has 2 N–H and O–H groups in total. The number of carbonyl (C=O) groups is 1. The van der Waals surface area contributed by atoms with Gasteiger partial charge in [0.05, 0.1) is 38.6 Å². The number of rotatable bonds is 9. The molecule has 164 valence electrons. The van der Waals surface area contributed by atoms with Gasteiger partial charge in [-0.2, -0.15) is 0 Å². The number of aryl methyl sites for hydroxylation is 1. The highest BCUT2D eigenvalue weighted by Crippen LogP contribution is 2.24. The Morgan fingerprint density at radius 2 is 2.23 bits per heavy atom. The molecule has 1 aliphatic heterocycles. The molecule has 0 bridgehead atoms. The standard InChI is InChI=1S/C21H31N5O4/c1-25(2)13-21(28)22-18-8-7-16(30-20(18)14-27)9-10-26-12-19(23-24-26)15-5-4-6-17(11-15)29-3/h4-6,11-12,16,18,20,27H,7-10,13-14H2,1-3H3,(H,22,28)/t16-,18-,20-/m0/s1. The Balaban J connectivity index is 1.51. The second-order valence-electron chi connectivity index (χ2n) is 7.86. The van der Waals surface area contributed by atoms with Gasteiger partial charge in [0, 0.05) is 12.1 Å². The van der Waals surface area contributed by atoms with Gasteiger partial charge in [0.15, 0.2) is 0 Å². The van der Waals surface area contributed by atoms with E-state index in [0.29, 0.717) is 13.1 Å². The van der Waals surface area contributed by atoms with Crippen LogP contribution in [0.5, 0.6) is 5.75 Å². The van der Waals surface area contributed by atoms with Gasteiger partial charge >= 0.3 is 0 Å². The number of aromatic nitrogens is 3. The number of hydrogen-bond donors (Lipinski definition) is 2. The van der Waals surface area contributed by atoms with Crippen LogP contribution < -0.4 is 10.1 Å². The second kappa shape index (κ2) is 10.5. The van der Waals surface area contributed by atoms with Crippen molar-refractivity contribution in [3.05, 3.63) is 30.5 Å². The Bertz CT molecular complexity index is 825. The fourth-order valence-electron chi connectivity index (χ4n) is 3.65. The highest BCUT2D eigenvalue weighted by molar-refractivity contribution is 5.78. The molecule has 1 saturated heterocycles. The molecule has 2 aromatic rings. The summed E-state index contributed by atoms with van der Waals surface area (Å²) < 4.78 is 13.1. The number of ether oxygens (including phenoxy) is 2. The summed E-state index contributed by atoms with van der Waals surface area (Å²) in [5.74, 6) is 0.720. The summed E-state index contributed by atoms with van der Waals surface area (Å²) in [5, 5.41) is 21.1. The van der Waals surface area contributed by atoms with Crippen molar-refractivity contribution in [3.63, 3.8) is 0 Å². The monoisotopic (exact) mass is 417 g/mol. The van der Waals surface area contributed by atoms with Gasteiger partial charge in [0.25, 0.3) is 0 Å². The van der Waals surface area contributed by atoms with Crippen LogP contribution in [0.25, 0.3) is 11.3 Å². The molecule has 9 heteroatoms. The van der Waals surface area contributed by atoms with Gasteiger partial charge in [-0.1, -0.05) is 17.3 Å². The lowest BCUT2D eigenvalue weighted by Gasteiger charge is -2.36. The third kappa shape index (κ3) is 6.01. The Morgan fingerprint density at radius 1 is 1.40 bits per heavy atom. The van der Waals surface area contributed by atoms with Crippen molar-refractivity contribution in [3.8, 4) is 17.0 Å². The van der Waals surface area contributed by atoms with Crippen LogP contribution in [0, 0.1) is 0 Å². The molecule has 3 rings (SSSR count). The van der Waals surface area contributed by atoms with Gasteiger partial charge in [0.1, 0.15) is 17.5 Å². The first kappa shape index (κ1) is 22.2. The maximum absolute atomic E-state index is 12.0. The summed E-state index contributed by atoms with van der Waals surface area (Å²) in [4.78, 5) is 13.8. The molecule has 0 saturated carbocycles. The lowest BCUT2D eigenvalue weighted by molar-refractivity contribution is -0.129. The highest BCUT2D eigenvalue weighted by atomic mass is 16.5. The molecule has 2 heterocycles. The van der Waals surface area contributed by atoms with E-state index in [1.807, 2.05) is 49.5 Å². The molecule has 0 spiro atoms. The van der Waals surface area contributed by atoms with Crippen LogP contribution in [0.1, 0.15) is 19.3 Å². The van der Waals surface area contributed by atoms with E-state index >= 15 is 0 Å². The van der Waals surface area contributed by atoms with Crippen molar-refractivity contribution in [1.82, 2.24) is 25.2 Å². The van der Waals surface area contributed by atoms with Gasteiger partial charge in [0.2, 0.25) is 5.91 Å². The number of carbonyl (C=O) groups excluding carboxylic acids is 1. The average Bonchev–Trinajstić information content (AvgIpc) is 3.21. The van der Waals surface area contributed by atoms with E-state index in [4.69, 9.17) is 9.47 Å². The molecule has 3 atom stereocenters. The van der Waals surface area contributed by atoms with Crippen LogP contribution in [0.3, 0.4) is 0 Å². The maximum atomic E-state index is 12.0. The molecule has 0 unspecified atom stereocenters. The number of likely N-dealkylation sites (N-methyl/N-ethyl adjacent to an activating group) is 1. The zero-order valence-electron chi connectivity index (χ0n) is 17.8. The SMILES string of the molecule is COc1cccc(-c2cn(CC[C@@H]3CC[C@H](NC(=O)CN(C)C)[C@H](CO)O3)nn2)c1. The second-order valence-corrected chi connectivity index (χ2v) is 7.86. The van der Waals surface area contributed by atoms with Crippen LogP contribution in [-0.2, 0) is 16.1 Å². The van der Waals surface area contributed by atoms with Crippen molar-refractivity contribution in [2.24, 2.45) is 0 Å².